The molecule has 48 valence electrons. The van der Waals surface area contributed by atoms with Gasteiger partial charge in [-0.3, -0.25) is 0 Å². The van der Waals surface area contributed by atoms with Crippen LogP contribution in [0.25, 0.3) is 0 Å². The summed E-state index contributed by atoms with van der Waals surface area (Å²) in [6, 6.07) is 0. The van der Waals surface area contributed by atoms with Crippen molar-refractivity contribution in [1.82, 2.24) is 0 Å². The van der Waals surface area contributed by atoms with Gasteiger partial charge in [0.15, 0.2) is 0 Å². The molecule has 0 heterocycles. The van der Waals surface area contributed by atoms with Gasteiger partial charge in [0.05, 0.1) is 0 Å². The van der Waals surface area contributed by atoms with Crippen LogP contribution in [0.15, 0.2) is 0 Å². The Balaban J connectivity index is 3.71. The van der Waals surface area contributed by atoms with Crippen LogP contribution in [0.2, 0.25) is 0 Å². The molecule has 0 saturated heterocycles. The van der Waals surface area contributed by atoms with Crippen molar-refractivity contribution in [2.75, 3.05) is 20.0 Å². The zero-order chi connectivity index (χ0) is 6.62. The Labute approximate surface area is 57.0 Å². The summed E-state index contributed by atoms with van der Waals surface area (Å²) < 4.78 is 0. The van der Waals surface area contributed by atoms with Crippen LogP contribution in [0.1, 0.15) is 0 Å². The van der Waals surface area contributed by atoms with Gasteiger partial charge in [-0.05, 0) is 0 Å². The van der Waals surface area contributed by atoms with Gasteiger partial charge in [-0.15, -0.1) is 0 Å². The summed E-state index contributed by atoms with van der Waals surface area (Å²) in [4.78, 5) is 0. The average Bonchev–Trinajstić information content (AvgIpc) is 1.67. The van der Waals surface area contributed by atoms with Gasteiger partial charge in [-0.1, -0.05) is 0 Å². The van der Waals surface area contributed by atoms with E-state index in [1.54, 1.807) is 0 Å². The van der Waals surface area contributed by atoms with Crippen molar-refractivity contribution >= 4 is 36.4 Å². The molecule has 0 fully saturated rings. The molecule has 1 unspecified atom stereocenters. The third-order valence-electron chi connectivity index (χ3n) is 1.10. The van der Waals surface area contributed by atoms with Crippen LogP contribution in [0.5, 0.6) is 0 Å². The van der Waals surface area contributed by atoms with E-state index < -0.39 is 6.83 Å². The molecular weight excluding hydrogens is 152 g/mol. The fourth-order valence-electron chi connectivity index (χ4n) is 0.387. The second-order valence-corrected chi connectivity index (χ2v) is 13.2. The molecule has 1 atom stereocenters. The Kier molecular flexibility index (Phi) is 4.55. The summed E-state index contributed by atoms with van der Waals surface area (Å²) in [5.41, 5.74) is 2.49. The Morgan fingerprint density at radius 1 is 1.75 bits per heavy atom. The van der Waals surface area contributed by atoms with Crippen molar-refractivity contribution in [2.24, 2.45) is 0 Å². The van der Waals surface area contributed by atoms with E-state index in [-0.39, 0.29) is 0 Å². The van der Waals surface area contributed by atoms with Gasteiger partial charge in [-0.2, -0.15) is 0 Å². The maximum atomic E-state index is 2.49. The van der Waals surface area contributed by atoms with Gasteiger partial charge in [-0.25, -0.2) is 0 Å². The van der Waals surface area contributed by atoms with Gasteiger partial charge in [0.1, 0.15) is 0 Å². The van der Waals surface area contributed by atoms with Crippen LogP contribution in [-0.2, 0) is 0 Å². The van der Waals surface area contributed by atoms with Gasteiger partial charge in [0, 0.05) is 0 Å². The fraction of sp³-hybridized carbons (Fsp3) is 0.750. The standard InChI is InChI=1S/C4H14BP3/c1-6-4-8(3,5)7-2/h4,7-8H,5H2,1-3H3. The van der Waals surface area contributed by atoms with E-state index in [0.29, 0.717) is 0 Å². The van der Waals surface area contributed by atoms with E-state index in [1.165, 1.54) is 16.5 Å². The topological polar surface area (TPSA) is 0 Å². The first kappa shape index (κ1) is 9.09. The first-order valence-electron chi connectivity index (χ1n) is 2.74. The first-order chi connectivity index (χ1) is 3.62. The molecule has 0 aromatic rings. The minimum absolute atomic E-state index is 0.787. The second kappa shape index (κ2) is 4.00. The summed E-state index contributed by atoms with van der Waals surface area (Å²) in [6.07, 6.45) is 0. The molecule has 8 heavy (non-hydrogen) atoms. The van der Waals surface area contributed by atoms with Crippen molar-refractivity contribution in [3.63, 3.8) is 0 Å². The predicted molar refractivity (Wildman–Crippen MR) is 55.9 cm³/mol. The van der Waals surface area contributed by atoms with E-state index in [4.69, 9.17) is 0 Å². The van der Waals surface area contributed by atoms with Crippen LogP contribution in [0.4, 0.5) is 0 Å². The molecule has 0 amide bonds. The van der Waals surface area contributed by atoms with Crippen molar-refractivity contribution in [3.8, 4) is 0 Å². The Hall–Kier alpha value is 1.09. The van der Waals surface area contributed by atoms with Gasteiger partial charge in [0.2, 0.25) is 0 Å². The van der Waals surface area contributed by atoms with Gasteiger partial charge in [0.25, 0.3) is 0 Å². The van der Waals surface area contributed by atoms with Crippen molar-refractivity contribution in [1.29, 1.82) is 0 Å². The third kappa shape index (κ3) is 4.02. The molecule has 0 N–H and O–H groups in total. The summed E-state index contributed by atoms with van der Waals surface area (Å²) in [5.74, 6) is 0. The molecule has 0 aromatic heterocycles. The van der Waals surface area contributed by atoms with E-state index in [9.17, 15) is 0 Å². The Morgan fingerprint density at radius 2 is 2.25 bits per heavy atom. The Morgan fingerprint density at radius 3 is 2.38 bits per heavy atom. The van der Waals surface area contributed by atoms with E-state index in [1.807, 2.05) is 0 Å². The van der Waals surface area contributed by atoms with E-state index >= 15 is 0 Å². The van der Waals surface area contributed by atoms with Crippen molar-refractivity contribution in [2.45, 2.75) is 0 Å². The van der Waals surface area contributed by atoms with Crippen LogP contribution in [0.3, 0.4) is 0 Å². The molecular formula is C4H14BP3. The molecule has 0 aliphatic rings. The third-order valence-corrected chi connectivity index (χ3v) is 11.0. The quantitative estimate of drug-likeness (QED) is 0.430. The summed E-state index contributed by atoms with van der Waals surface area (Å²) in [6.45, 7) is 6.15. The van der Waals surface area contributed by atoms with E-state index in [0.717, 1.165) is 0 Å². The predicted octanol–water partition coefficient (Wildman–Crippen LogP) is 1.47. The van der Waals surface area contributed by atoms with Crippen LogP contribution in [-0.4, -0.2) is 33.1 Å². The summed E-state index contributed by atoms with van der Waals surface area (Å²) in [7, 11) is 5.05. The SMILES string of the molecule is B[PH](C)(C=PC)PC. The maximum absolute atomic E-state index is 2.49. The van der Waals surface area contributed by atoms with Crippen LogP contribution >= 0.6 is 23.3 Å². The summed E-state index contributed by atoms with van der Waals surface area (Å²) >= 11 is 0. The molecule has 0 aliphatic heterocycles. The van der Waals surface area contributed by atoms with Crippen LogP contribution < -0.4 is 0 Å². The average molecular weight is 166 g/mol. The molecule has 0 rings (SSSR count). The normalized spacial score (nSPS) is 16.4. The zero-order valence-corrected chi connectivity index (χ0v) is 8.92. The Bertz CT molecular complexity index is 89.3. The number of hydrogen-bond acceptors (Lipinski definition) is 0. The molecule has 0 saturated carbocycles. The molecule has 4 heteroatoms. The van der Waals surface area contributed by atoms with Crippen molar-refractivity contribution < 1.29 is 0 Å². The van der Waals surface area contributed by atoms with Gasteiger partial charge < -0.3 is 0 Å². The number of hydrogen-bond donors (Lipinski definition) is 0. The first-order valence-corrected chi connectivity index (χ1v) is 9.73. The zero-order valence-electron chi connectivity index (χ0n) is 6.02. The van der Waals surface area contributed by atoms with E-state index in [2.05, 4.69) is 33.1 Å². The summed E-state index contributed by atoms with van der Waals surface area (Å²) in [5, 5.41) is 0. The van der Waals surface area contributed by atoms with Crippen molar-refractivity contribution in [3.05, 3.63) is 0 Å². The molecule has 0 aliphatic carbocycles. The fourth-order valence-corrected chi connectivity index (χ4v) is 5.81. The molecule has 0 nitrogen and oxygen atoms in total. The molecule has 0 bridgehead atoms. The minimum atomic E-state index is -0.787. The molecule has 0 aromatic carbocycles. The second-order valence-electron chi connectivity index (χ2n) is 2.36. The van der Waals surface area contributed by atoms with Crippen LogP contribution in [0, 0.1) is 0 Å². The monoisotopic (exact) mass is 166 g/mol. The van der Waals surface area contributed by atoms with Gasteiger partial charge >= 0.3 is 56.4 Å². The number of rotatable bonds is 2. The molecule has 0 spiro atoms. The molecule has 0 radical (unpaired) electrons.